The van der Waals surface area contributed by atoms with Crippen molar-refractivity contribution >= 4 is 17.8 Å². The summed E-state index contributed by atoms with van der Waals surface area (Å²) in [6.45, 7) is 8.91. The lowest BCUT2D eigenvalue weighted by atomic mass is 9.88. The molecule has 1 saturated heterocycles. The first kappa shape index (κ1) is 17.5. The van der Waals surface area contributed by atoms with Gasteiger partial charge in [0, 0.05) is 19.5 Å². The van der Waals surface area contributed by atoms with E-state index in [1.807, 2.05) is 27.7 Å². The fourth-order valence-corrected chi connectivity index (χ4v) is 2.38. The monoisotopic (exact) mass is 298 g/mol. The summed E-state index contributed by atoms with van der Waals surface area (Å²) in [7, 11) is 0. The van der Waals surface area contributed by atoms with Crippen molar-refractivity contribution in [1.29, 1.82) is 0 Å². The standard InChI is InChI=1S/C15H26N2O4/c1-5-17-9-10(8-12(17)18)13(19)16-11(14(20)21)6-7-15(2,3)4/h10-11H,5-9H2,1-4H3,(H,16,19)(H,20,21). The maximum Gasteiger partial charge on any atom is 0.326 e. The predicted molar refractivity (Wildman–Crippen MR) is 78.6 cm³/mol. The third kappa shape index (κ3) is 5.36. The topological polar surface area (TPSA) is 86.7 Å². The van der Waals surface area contributed by atoms with Crippen molar-refractivity contribution in [2.45, 2.75) is 53.0 Å². The van der Waals surface area contributed by atoms with Gasteiger partial charge in [-0.05, 0) is 25.2 Å². The van der Waals surface area contributed by atoms with Gasteiger partial charge in [0.15, 0.2) is 0 Å². The van der Waals surface area contributed by atoms with Crippen LogP contribution in [0, 0.1) is 11.3 Å². The largest absolute Gasteiger partial charge is 0.480 e. The van der Waals surface area contributed by atoms with Crippen molar-refractivity contribution in [3.05, 3.63) is 0 Å². The number of carboxylic acids is 1. The van der Waals surface area contributed by atoms with Gasteiger partial charge in [-0.2, -0.15) is 0 Å². The van der Waals surface area contributed by atoms with E-state index in [4.69, 9.17) is 0 Å². The fraction of sp³-hybridized carbons (Fsp3) is 0.800. The Balaban J connectivity index is 2.57. The molecule has 0 spiro atoms. The maximum absolute atomic E-state index is 12.1. The summed E-state index contributed by atoms with van der Waals surface area (Å²) < 4.78 is 0. The van der Waals surface area contributed by atoms with Crippen LogP contribution in [0.3, 0.4) is 0 Å². The third-order valence-corrected chi connectivity index (χ3v) is 3.76. The van der Waals surface area contributed by atoms with Crippen LogP contribution in [-0.4, -0.2) is 46.9 Å². The molecular formula is C15H26N2O4. The van der Waals surface area contributed by atoms with E-state index in [0.717, 1.165) is 0 Å². The molecule has 6 heteroatoms. The molecule has 120 valence electrons. The number of aliphatic carboxylic acids is 1. The van der Waals surface area contributed by atoms with E-state index >= 15 is 0 Å². The molecule has 0 bridgehead atoms. The van der Waals surface area contributed by atoms with Crippen molar-refractivity contribution < 1.29 is 19.5 Å². The lowest BCUT2D eigenvalue weighted by molar-refractivity contribution is -0.142. The number of rotatable bonds is 6. The molecule has 1 rings (SSSR count). The molecule has 0 saturated carbocycles. The van der Waals surface area contributed by atoms with Crippen LogP contribution in [0.15, 0.2) is 0 Å². The molecule has 1 aliphatic rings. The molecule has 0 aromatic rings. The van der Waals surface area contributed by atoms with Crippen molar-refractivity contribution in [1.82, 2.24) is 10.2 Å². The quantitative estimate of drug-likeness (QED) is 0.772. The molecule has 0 aliphatic carbocycles. The molecule has 6 nitrogen and oxygen atoms in total. The number of carboxylic acid groups (broad SMARTS) is 1. The Morgan fingerprint density at radius 2 is 2.05 bits per heavy atom. The zero-order valence-corrected chi connectivity index (χ0v) is 13.3. The van der Waals surface area contributed by atoms with Crippen LogP contribution >= 0.6 is 0 Å². The first-order valence-electron chi connectivity index (χ1n) is 7.45. The number of carbonyl (C=O) groups excluding carboxylic acids is 2. The van der Waals surface area contributed by atoms with Crippen LogP contribution in [0.5, 0.6) is 0 Å². The zero-order valence-electron chi connectivity index (χ0n) is 13.3. The van der Waals surface area contributed by atoms with E-state index in [2.05, 4.69) is 5.32 Å². The lowest BCUT2D eigenvalue weighted by Gasteiger charge is -2.22. The average Bonchev–Trinajstić information content (AvgIpc) is 2.74. The molecule has 2 N–H and O–H groups in total. The number of likely N-dealkylation sites (tertiary alicyclic amines) is 1. The van der Waals surface area contributed by atoms with Gasteiger partial charge in [0.1, 0.15) is 6.04 Å². The predicted octanol–water partition coefficient (Wildman–Crippen LogP) is 1.25. The summed E-state index contributed by atoms with van der Waals surface area (Å²) in [6.07, 6.45) is 1.27. The van der Waals surface area contributed by atoms with Crippen molar-refractivity contribution in [3.63, 3.8) is 0 Å². The Bertz CT molecular complexity index is 414. The third-order valence-electron chi connectivity index (χ3n) is 3.76. The van der Waals surface area contributed by atoms with E-state index in [-0.39, 0.29) is 23.7 Å². The molecule has 2 atom stereocenters. The molecule has 2 amide bonds. The highest BCUT2D eigenvalue weighted by Crippen LogP contribution is 2.22. The van der Waals surface area contributed by atoms with Gasteiger partial charge in [0.2, 0.25) is 11.8 Å². The van der Waals surface area contributed by atoms with Gasteiger partial charge in [-0.15, -0.1) is 0 Å². The van der Waals surface area contributed by atoms with E-state index in [0.29, 0.717) is 25.9 Å². The maximum atomic E-state index is 12.1. The minimum atomic E-state index is -1.02. The molecule has 0 radical (unpaired) electrons. The minimum Gasteiger partial charge on any atom is -0.480 e. The van der Waals surface area contributed by atoms with Gasteiger partial charge in [-0.3, -0.25) is 9.59 Å². The molecule has 1 heterocycles. The van der Waals surface area contributed by atoms with Gasteiger partial charge in [0.05, 0.1) is 5.92 Å². The first-order chi connectivity index (χ1) is 9.64. The summed E-state index contributed by atoms with van der Waals surface area (Å²) in [5.41, 5.74) is 0.0146. The highest BCUT2D eigenvalue weighted by atomic mass is 16.4. The summed E-state index contributed by atoms with van der Waals surface area (Å²) in [5.74, 6) is -1.84. The molecule has 1 fully saturated rings. The normalized spacial score (nSPS) is 20.5. The van der Waals surface area contributed by atoms with E-state index in [9.17, 15) is 19.5 Å². The fourth-order valence-electron chi connectivity index (χ4n) is 2.38. The number of hydrogen-bond donors (Lipinski definition) is 2. The van der Waals surface area contributed by atoms with Gasteiger partial charge in [-0.25, -0.2) is 4.79 Å². The van der Waals surface area contributed by atoms with Gasteiger partial charge in [0.25, 0.3) is 0 Å². The van der Waals surface area contributed by atoms with Crippen LogP contribution in [0.25, 0.3) is 0 Å². The van der Waals surface area contributed by atoms with Gasteiger partial charge >= 0.3 is 5.97 Å². The highest BCUT2D eigenvalue weighted by Gasteiger charge is 2.35. The van der Waals surface area contributed by atoms with E-state index < -0.39 is 17.9 Å². The lowest BCUT2D eigenvalue weighted by Crippen LogP contribution is -2.44. The first-order valence-corrected chi connectivity index (χ1v) is 7.45. The van der Waals surface area contributed by atoms with Crippen molar-refractivity contribution in [2.75, 3.05) is 13.1 Å². The number of carbonyl (C=O) groups is 3. The number of nitrogens with zero attached hydrogens (tertiary/aromatic N) is 1. The number of nitrogens with one attached hydrogen (secondary N) is 1. The molecule has 1 aliphatic heterocycles. The summed E-state index contributed by atoms with van der Waals surface area (Å²) in [5, 5.41) is 11.8. The molecule has 0 aromatic heterocycles. The second-order valence-corrected chi connectivity index (χ2v) is 6.83. The van der Waals surface area contributed by atoms with Gasteiger partial charge in [-0.1, -0.05) is 20.8 Å². The highest BCUT2D eigenvalue weighted by molar-refractivity contribution is 5.91. The Hall–Kier alpha value is -1.59. The molecule has 21 heavy (non-hydrogen) atoms. The summed E-state index contributed by atoms with van der Waals surface area (Å²) in [6, 6.07) is -0.887. The van der Waals surface area contributed by atoms with E-state index in [1.165, 1.54) is 0 Å². The van der Waals surface area contributed by atoms with Crippen LogP contribution in [0.4, 0.5) is 0 Å². The van der Waals surface area contributed by atoms with Crippen LogP contribution in [-0.2, 0) is 14.4 Å². The van der Waals surface area contributed by atoms with Crippen LogP contribution in [0.1, 0.15) is 47.0 Å². The Labute approximate surface area is 125 Å². The van der Waals surface area contributed by atoms with E-state index in [1.54, 1.807) is 4.90 Å². The molecule has 2 unspecified atom stereocenters. The molecular weight excluding hydrogens is 272 g/mol. The van der Waals surface area contributed by atoms with Crippen molar-refractivity contribution in [2.24, 2.45) is 11.3 Å². The second kappa shape index (κ2) is 6.91. The van der Waals surface area contributed by atoms with Crippen LogP contribution in [0.2, 0.25) is 0 Å². The Morgan fingerprint density at radius 3 is 2.48 bits per heavy atom. The Kier molecular flexibility index (Phi) is 5.75. The number of amides is 2. The SMILES string of the molecule is CCN1CC(C(=O)NC(CCC(C)(C)C)C(=O)O)CC1=O. The summed E-state index contributed by atoms with van der Waals surface area (Å²) >= 11 is 0. The molecule has 0 aromatic carbocycles. The summed E-state index contributed by atoms with van der Waals surface area (Å²) in [4.78, 5) is 36.6. The Morgan fingerprint density at radius 1 is 1.43 bits per heavy atom. The number of hydrogen-bond acceptors (Lipinski definition) is 3. The average molecular weight is 298 g/mol. The van der Waals surface area contributed by atoms with Gasteiger partial charge < -0.3 is 15.3 Å². The smallest absolute Gasteiger partial charge is 0.326 e. The second-order valence-electron chi connectivity index (χ2n) is 6.83. The zero-order chi connectivity index (χ0) is 16.2. The minimum absolute atomic E-state index is 0.0146. The van der Waals surface area contributed by atoms with Crippen LogP contribution < -0.4 is 5.32 Å². The van der Waals surface area contributed by atoms with Crippen molar-refractivity contribution in [3.8, 4) is 0 Å².